The minimum absolute atomic E-state index is 0.111. The molecule has 0 aromatic heterocycles. The van der Waals surface area contributed by atoms with Crippen LogP contribution in [0.4, 0.5) is 14.9 Å². The van der Waals surface area contributed by atoms with Crippen LogP contribution in [0.2, 0.25) is 0 Å². The van der Waals surface area contributed by atoms with Crippen molar-refractivity contribution >= 4 is 17.6 Å². The smallest absolute Gasteiger partial charge is 0.321 e. The molecule has 136 valence electrons. The summed E-state index contributed by atoms with van der Waals surface area (Å²) in [7, 11) is 0. The van der Waals surface area contributed by atoms with Crippen LogP contribution in [0.25, 0.3) is 0 Å². The van der Waals surface area contributed by atoms with Crippen LogP contribution in [0, 0.1) is 17.7 Å². The third-order valence-electron chi connectivity index (χ3n) is 5.10. The van der Waals surface area contributed by atoms with Crippen LogP contribution in [-0.4, -0.2) is 54.5 Å². The van der Waals surface area contributed by atoms with E-state index in [-0.39, 0.29) is 23.5 Å². The van der Waals surface area contributed by atoms with Crippen LogP contribution in [0.3, 0.4) is 0 Å². The summed E-state index contributed by atoms with van der Waals surface area (Å²) in [6.45, 7) is 3.02. The summed E-state index contributed by atoms with van der Waals surface area (Å²) in [4.78, 5) is 28.6. The molecule has 1 aromatic carbocycles. The van der Waals surface area contributed by atoms with Gasteiger partial charge in [0.2, 0.25) is 5.91 Å². The topological polar surface area (TPSA) is 78.7 Å². The van der Waals surface area contributed by atoms with E-state index in [1.54, 1.807) is 17.0 Å². The summed E-state index contributed by atoms with van der Waals surface area (Å²) < 4.78 is 13.7. The highest BCUT2D eigenvalue weighted by atomic mass is 19.1. The lowest BCUT2D eigenvalue weighted by atomic mass is 9.97. The predicted octanol–water partition coefficient (Wildman–Crippen LogP) is 1.88. The highest BCUT2D eigenvalue weighted by Gasteiger charge is 2.34. The number of halogens is 1. The fourth-order valence-corrected chi connectivity index (χ4v) is 3.60. The molecule has 2 heterocycles. The molecule has 2 fully saturated rings. The van der Waals surface area contributed by atoms with Gasteiger partial charge < -0.3 is 20.9 Å². The van der Waals surface area contributed by atoms with Gasteiger partial charge in [0.05, 0.1) is 11.6 Å². The van der Waals surface area contributed by atoms with Gasteiger partial charge in [-0.05, 0) is 43.9 Å². The van der Waals surface area contributed by atoms with Gasteiger partial charge in [-0.3, -0.25) is 4.79 Å². The number of nitrogens with two attached hydrogens (primary N) is 1. The van der Waals surface area contributed by atoms with Crippen LogP contribution in [-0.2, 0) is 4.79 Å². The molecule has 0 aliphatic carbocycles. The molecule has 2 atom stereocenters. The van der Waals surface area contributed by atoms with Crippen molar-refractivity contribution in [2.24, 2.45) is 17.6 Å². The number of anilines is 1. The maximum Gasteiger partial charge on any atom is 0.321 e. The Morgan fingerprint density at radius 2 is 1.96 bits per heavy atom. The number of para-hydroxylation sites is 1. The molecule has 3 rings (SSSR count). The Kier molecular flexibility index (Phi) is 5.53. The SMILES string of the molecule is NCC1CCN(C(=O)C2CCCN(C(=O)Nc3ccccc3F)C2)C1. The Labute approximate surface area is 147 Å². The number of hydrogen-bond acceptors (Lipinski definition) is 3. The summed E-state index contributed by atoms with van der Waals surface area (Å²) in [5.74, 6) is -0.158. The standard InChI is InChI=1S/C18H25FN4O2/c19-15-5-1-2-6-16(15)21-18(25)23-8-3-4-14(12-23)17(24)22-9-7-13(10-20)11-22/h1-2,5-6,13-14H,3-4,7-12,20H2,(H,21,25). The second kappa shape index (κ2) is 7.82. The Hall–Kier alpha value is -2.15. The fraction of sp³-hybridized carbons (Fsp3) is 0.556. The van der Waals surface area contributed by atoms with Gasteiger partial charge in [-0.25, -0.2) is 9.18 Å². The van der Waals surface area contributed by atoms with Gasteiger partial charge in [-0.2, -0.15) is 0 Å². The third-order valence-corrected chi connectivity index (χ3v) is 5.10. The molecule has 2 aliphatic rings. The van der Waals surface area contributed by atoms with E-state index in [0.717, 1.165) is 25.8 Å². The molecule has 2 saturated heterocycles. The van der Waals surface area contributed by atoms with Crippen molar-refractivity contribution in [3.63, 3.8) is 0 Å². The number of amides is 3. The summed E-state index contributed by atoms with van der Waals surface area (Å²) in [6, 6.07) is 5.72. The van der Waals surface area contributed by atoms with E-state index in [9.17, 15) is 14.0 Å². The van der Waals surface area contributed by atoms with Gasteiger partial charge in [-0.1, -0.05) is 12.1 Å². The summed E-state index contributed by atoms with van der Waals surface area (Å²) in [5, 5.41) is 2.60. The number of piperidine rings is 1. The fourth-order valence-electron chi connectivity index (χ4n) is 3.60. The zero-order chi connectivity index (χ0) is 17.8. The van der Waals surface area contributed by atoms with E-state index in [0.29, 0.717) is 32.1 Å². The van der Waals surface area contributed by atoms with Gasteiger partial charge in [0.15, 0.2) is 0 Å². The molecule has 1 aromatic rings. The first-order valence-corrected chi connectivity index (χ1v) is 8.87. The van der Waals surface area contributed by atoms with Crippen molar-refractivity contribution in [3.05, 3.63) is 30.1 Å². The second-order valence-electron chi connectivity index (χ2n) is 6.87. The maximum atomic E-state index is 13.7. The molecule has 6 nitrogen and oxygen atoms in total. The van der Waals surface area contributed by atoms with Crippen molar-refractivity contribution < 1.29 is 14.0 Å². The molecule has 0 saturated carbocycles. The minimum atomic E-state index is -0.467. The molecule has 3 amide bonds. The number of urea groups is 1. The molecule has 25 heavy (non-hydrogen) atoms. The Morgan fingerprint density at radius 1 is 1.16 bits per heavy atom. The van der Waals surface area contributed by atoms with Crippen LogP contribution >= 0.6 is 0 Å². The first-order valence-electron chi connectivity index (χ1n) is 8.87. The number of nitrogens with zero attached hydrogens (tertiary/aromatic N) is 2. The summed E-state index contributed by atoms with van der Waals surface area (Å²) in [6.07, 6.45) is 2.51. The first kappa shape index (κ1) is 17.7. The largest absolute Gasteiger partial charge is 0.342 e. The van der Waals surface area contributed by atoms with E-state index in [1.807, 2.05) is 4.90 Å². The summed E-state index contributed by atoms with van der Waals surface area (Å²) in [5.41, 5.74) is 5.85. The molecule has 2 unspecified atom stereocenters. The van der Waals surface area contributed by atoms with Crippen LogP contribution < -0.4 is 11.1 Å². The van der Waals surface area contributed by atoms with Gasteiger partial charge >= 0.3 is 6.03 Å². The number of hydrogen-bond donors (Lipinski definition) is 2. The average Bonchev–Trinajstić information content (AvgIpc) is 3.12. The number of benzene rings is 1. The normalized spacial score (nSPS) is 23.6. The Bertz CT molecular complexity index is 639. The number of likely N-dealkylation sites (tertiary alicyclic amines) is 2. The van der Waals surface area contributed by atoms with Crippen LogP contribution in [0.1, 0.15) is 19.3 Å². The number of rotatable bonds is 3. The number of carbonyl (C=O) groups is 2. The van der Waals surface area contributed by atoms with E-state index in [4.69, 9.17) is 5.73 Å². The molecule has 0 spiro atoms. The predicted molar refractivity (Wildman–Crippen MR) is 93.5 cm³/mol. The summed E-state index contributed by atoms with van der Waals surface area (Å²) >= 11 is 0. The number of nitrogens with one attached hydrogen (secondary N) is 1. The van der Waals surface area contributed by atoms with Gasteiger partial charge in [0, 0.05) is 26.2 Å². The van der Waals surface area contributed by atoms with Crippen molar-refractivity contribution in [2.45, 2.75) is 19.3 Å². The van der Waals surface area contributed by atoms with Crippen molar-refractivity contribution in [3.8, 4) is 0 Å². The Morgan fingerprint density at radius 3 is 2.68 bits per heavy atom. The molecular formula is C18H25FN4O2. The molecular weight excluding hydrogens is 323 g/mol. The monoisotopic (exact) mass is 348 g/mol. The zero-order valence-electron chi connectivity index (χ0n) is 14.3. The highest BCUT2D eigenvalue weighted by Crippen LogP contribution is 2.24. The van der Waals surface area contributed by atoms with Crippen LogP contribution in [0.15, 0.2) is 24.3 Å². The van der Waals surface area contributed by atoms with E-state index in [2.05, 4.69) is 5.32 Å². The van der Waals surface area contributed by atoms with E-state index >= 15 is 0 Å². The lowest BCUT2D eigenvalue weighted by Crippen LogP contribution is -2.47. The molecule has 0 radical (unpaired) electrons. The zero-order valence-corrected chi connectivity index (χ0v) is 14.3. The maximum absolute atomic E-state index is 13.7. The van der Waals surface area contributed by atoms with Gasteiger partial charge in [-0.15, -0.1) is 0 Å². The quantitative estimate of drug-likeness (QED) is 0.875. The van der Waals surface area contributed by atoms with Crippen LogP contribution in [0.5, 0.6) is 0 Å². The number of carbonyl (C=O) groups excluding carboxylic acids is 2. The van der Waals surface area contributed by atoms with Crippen molar-refractivity contribution in [1.29, 1.82) is 0 Å². The molecule has 3 N–H and O–H groups in total. The van der Waals surface area contributed by atoms with E-state index < -0.39 is 5.82 Å². The minimum Gasteiger partial charge on any atom is -0.342 e. The highest BCUT2D eigenvalue weighted by molar-refractivity contribution is 5.90. The second-order valence-corrected chi connectivity index (χ2v) is 6.87. The lowest BCUT2D eigenvalue weighted by molar-refractivity contribution is -0.135. The molecule has 0 bridgehead atoms. The third kappa shape index (κ3) is 4.10. The van der Waals surface area contributed by atoms with Gasteiger partial charge in [0.25, 0.3) is 0 Å². The van der Waals surface area contributed by atoms with Crippen molar-refractivity contribution in [2.75, 3.05) is 38.0 Å². The first-order chi connectivity index (χ1) is 12.1. The Balaban J connectivity index is 1.58. The van der Waals surface area contributed by atoms with Gasteiger partial charge in [0.1, 0.15) is 5.82 Å². The lowest BCUT2D eigenvalue weighted by Gasteiger charge is -2.34. The van der Waals surface area contributed by atoms with E-state index in [1.165, 1.54) is 12.1 Å². The molecule has 7 heteroatoms. The molecule has 2 aliphatic heterocycles. The average molecular weight is 348 g/mol. The van der Waals surface area contributed by atoms with Crippen molar-refractivity contribution in [1.82, 2.24) is 9.80 Å².